The zero-order chi connectivity index (χ0) is 25.5. The summed E-state index contributed by atoms with van der Waals surface area (Å²) in [6.45, 7) is 7.79. The number of nitrogens with one attached hydrogen (secondary N) is 3. The highest BCUT2D eigenvalue weighted by molar-refractivity contribution is 5.93. The van der Waals surface area contributed by atoms with Gasteiger partial charge in [0.05, 0.1) is 0 Å². The van der Waals surface area contributed by atoms with Gasteiger partial charge in [-0.15, -0.1) is 0 Å². The molecule has 192 valence electrons. The van der Waals surface area contributed by atoms with E-state index in [1.165, 1.54) is 5.56 Å². The number of nitrogens with zero attached hydrogens (tertiary/aromatic N) is 1. The summed E-state index contributed by atoms with van der Waals surface area (Å²) >= 11 is 0. The van der Waals surface area contributed by atoms with Crippen molar-refractivity contribution in [3.63, 3.8) is 0 Å². The van der Waals surface area contributed by atoms with E-state index < -0.39 is 18.0 Å². The summed E-state index contributed by atoms with van der Waals surface area (Å²) in [5.41, 5.74) is 7.46. The molecule has 2 aliphatic rings. The van der Waals surface area contributed by atoms with E-state index in [0.29, 0.717) is 25.4 Å². The zero-order valence-corrected chi connectivity index (χ0v) is 21.0. The van der Waals surface area contributed by atoms with Crippen LogP contribution in [0, 0.1) is 5.92 Å². The Labute approximate surface area is 207 Å². The number of carbonyl (C=O) groups is 4. The maximum Gasteiger partial charge on any atom is 0.243 e. The largest absolute Gasteiger partial charge is 0.370 e. The maximum absolute atomic E-state index is 13.3. The highest BCUT2D eigenvalue weighted by Crippen LogP contribution is 2.29. The number of hydrogen-bond donors (Lipinski definition) is 4. The summed E-state index contributed by atoms with van der Waals surface area (Å²) in [5.74, 6) is -1.11. The monoisotopic (exact) mass is 485 g/mol. The topological polar surface area (TPSA) is 134 Å². The minimum atomic E-state index is -0.909. The standard InChI is InChI=1S/C26H39N5O4/c1-16(2)19-6-4-18(5-7-19)15-29-24(33)21(9-11-23(27)32)30-25(34)22-10-8-20-12-13-28-14-17(3)26(35)31(20)22/h4-7,16-17,20-22,28H,8-15H2,1-3H3,(H2,27,32)(H,29,33)(H,30,34)/t17-,20+,21-,22-/m0/s1. The molecule has 0 saturated carbocycles. The van der Waals surface area contributed by atoms with Crippen LogP contribution < -0.4 is 21.7 Å². The Balaban J connectivity index is 1.66. The van der Waals surface area contributed by atoms with Crippen molar-refractivity contribution in [1.82, 2.24) is 20.9 Å². The minimum Gasteiger partial charge on any atom is -0.370 e. The normalized spacial score (nSPS) is 23.3. The van der Waals surface area contributed by atoms with Gasteiger partial charge in [0.15, 0.2) is 0 Å². The van der Waals surface area contributed by atoms with Gasteiger partial charge in [-0.05, 0) is 49.3 Å². The van der Waals surface area contributed by atoms with E-state index in [4.69, 9.17) is 5.73 Å². The lowest BCUT2D eigenvalue weighted by Gasteiger charge is -2.34. The lowest BCUT2D eigenvalue weighted by atomic mass is 10.0. The fourth-order valence-electron chi connectivity index (χ4n) is 4.84. The Kier molecular flexibility index (Phi) is 9.26. The SMILES string of the molecule is CC(C)c1ccc(CNC(=O)[C@H](CCC(N)=O)NC(=O)[C@@H]2CC[C@@H]3CCNC[C@H](C)C(=O)N32)cc1. The van der Waals surface area contributed by atoms with Crippen LogP contribution in [0.1, 0.15) is 69.9 Å². The molecule has 0 radical (unpaired) electrons. The van der Waals surface area contributed by atoms with Gasteiger partial charge in [-0.3, -0.25) is 19.2 Å². The molecule has 5 N–H and O–H groups in total. The third-order valence-corrected chi connectivity index (χ3v) is 7.01. The van der Waals surface area contributed by atoms with E-state index in [9.17, 15) is 19.2 Å². The van der Waals surface area contributed by atoms with Gasteiger partial charge in [-0.25, -0.2) is 0 Å². The van der Waals surface area contributed by atoms with Crippen molar-refractivity contribution in [1.29, 1.82) is 0 Å². The van der Waals surface area contributed by atoms with Crippen LogP contribution in [0.15, 0.2) is 24.3 Å². The van der Waals surface area contributed by atoms with Crippen LogP contribution in [0.3, 0.4) is 0 Å². The highest BCUT2D eigenvalue weighted by Gasteiger charge is 2.43. The molecule has 0 bridgehead atoms. The molecule has 2 fully saturated rings. The van der Waals surface area contributed by atoms with E-state index in [2.05, 4.69) is 29.8 Å². The third kappa shape index (κ3) is 7.04. The van der Waals surface area contributed by atoms with Crippen LogP contribution in [0.2, 0.25) is 0 Å². The van der Waals surface area contributed by atoms with E-state index in [1.54, 1.807) is 4.90 Å². The summed E-state index contributed by atoms with van der Waals surface area (Å²) in [5, 5.41) is 8.96. The fourth-order valence-corrected chi connectivity index (χ4v) is 4.84. The van der Waals surface area contributed by atoms with Crippen LogP contribution in [-0.4, -0.2) is 59.7 Å². The number of nitrogens with two attached hydrogens (primary N) is 1. The van der Waals surface area contributed by atoms with Gasteiger partial charge in [0.25, 0.3) is 0 Å². The summed E-state index contributed by atoms with van der Waals surface area (Å²) in [6, 6.07) is 6.50. The summed E-state index contributed by atoms with van der Waals surface area (Å²) in [6.07, 6.45) is 2.18. The number of carbonyl (C=O) groups excluding carboxylic acids is 4. The van der Waals surface area contributed by atoms with Crippen molar-refractivity contribution in [2.24, 2.45) is 11.7 Å². The van der Waals surface area contributed by atoms with Crippen molar-refractivity contribution >= 4 is 23.6 Å². The molecule has 1 aromatic rings. The Bertz CT molecular complexity index is 917. The molecule has 2 aliphatic heterocycles. The number of amides is 4. The van der Waals surface area contributed by atoms with Gasteiger partial charge in [-0.1, -0.05) is 45.0 Å². The van der Waals surface area contributed by atoms with Crippen LogP contribution >= 0.6 is 0 Å². The molecule has 0 aromatic heterocycles. The van der Waals surface area contributed by atoms with Gasteiger partial charge in [-0.2, -0.15) is 0 Å². The number of rotatable bonds is 9. The molecule has 2 saturated heterocycles. The maximum atomic E-state index is 13.3. The van der Waals surface area contributed by atoms with Gasteiger partial charge in [0.1, 0.15) is 12.1 Å². The van der Waals surface area contributed by atoms with Crippen molar-refractivity contribution in [2.75, 3.05) is 13.1 Å². The quantitative estimate of drug-likeness (QED) is 0.417. The first kappa shape index (κ1) is 26.7. The molecule has 1 aromatic carbocycles. The zero-order valence-electron chi connectivity index (χ0n) is 21.0. The highest BCUT2D eigenvalue weighted by atomic mass is 16.2. The van der Waals surface area contributed by atoms with Crippen molar-refractivity contribution in [2.45, 2.75) is 83.5 Å². The Hall–Kier alpha value is -2.94. The summed E-state index contributed by atoms with van der Waals surface area (Å²) in [4.78, 5) is 52.4. The molecular formula is C26H39N5O4. The van der Waals surface area contributed by atoms with Crippen LogP contribution in [0.4, 0.5) is 0 Å². The number of fused-ring (bicyclic) bond motifs is 1. The fraction of sp³-hybridized carbons (Fsp3) is 0.615. The first-order valence-electron chi connectivity index (χ1n) is 12.7. The second kappa shape index (κ2) is 12.2. The molecule has 9 heteroatoms. The minimum absolute atomic E-state index is 0.0141. The average molecular weight is 486 g/mol. The molecule has 4 atom stereocenters. The van der Waals surface area contributed by atoms with Crippen LogP contribution in [0.25, 0.3) is 0 Å². The molecule has 0 unspecified atom stereocenters. The van der Waals surface area contributed by atoms with Gasteiger partial charge >= 0.3 is 0 Å². The Morgan fingerprint density at radius 3 is 2.51 bits per heavy atom. The number of hydrogen-bond acceptors (Lipinski definition) is 5. The van der Waals surface area contributed by atoms with E-state index in [-0.39, 0.29) is 42.5 Å². The van der Waals surface area contributed by atoms with Crippen molar-refractivity contribution in [3.8, 4) is 0 Å². The second-order valence-corrected chi connectivity index (χ2v) is 10.1. The molecular weight excluding hydrogens is 446 g/mol. The van der Waals surface area contributed by atoms with Crippen LogP contribution in [0.5, 0.6) is 0 Å². The second-order valence-electron chi connectivity index (χ2n) is 10.1. The first-order chi connectivity index (χ1) is 16.7. The molecule has 0 aliphatic carbocycles. The van der Waals surface area contributed by atoms with Gasteiger partial charge in [0, 0.05) is 31.5 Å². The van der Waals surface area contributed by atoms with Gasteiger partial charge < -0.3 is 26.6 Å². The number of primary amides is 1. The molecule has 35 heavy (non-hydrogen) atoms. The Morgan fingerprint density at radius 1 is 1.14 bits per heavy atom. The van der Waals surface area contributed by atoms with Gasteiger partial charge in [0.2, 0.25) is 23.6 Å². The predicted octanol–water partition coefficient (Wildman–Crippen LogP) is 1.17. The lowest BCUT2D eigenvalue weighted by molar-refractivity contribution is -0.144. The van der Waals surface area contributed by atoms with E-state index in [1.807, 2.05) is 31.2 Å². The molecule has 9 nitrogen and oxygen atoms in total. The summed E-state index contributed by atoms with van der Waals surface area (Å²) < 4.78 is 0. The predicted molar refractivity (Wildman–Crippen MR) is 133 cm³/mol. The smallest absolute Gasteiger partial charge is 0.243 e. The Morgan fingerprint density at radius 2 is 1.86 bits per heavy atom. The molecule has 0 spiro atoms. The van der Waals surface area contributed by atoms with E-state index >= 15 is 0 Å². The third-order valence-electron chi connectivity index (χ3n) is 7.01. The molecule has 2 heterocycles. The average Bonchev–Trinajstić information content (AvgIpc) is 3.24. The lowest BCUT2D eigenvalue weighted by Crippen LogP contribution is -2.56. The van der Waals surface area contributed by atoms with Crippen molar-refractivity contribution in [3.05, 3.63) is 35.4 Å². The number of benzene rings is 1. The van der Waals surface area contributed by atoms with Crippen molar-refractivity contribution < 1.29 is 19.2 Å². The van der Waals surface area contributed by atoms with Crippen LogP contribution in [-0.2, 0) is 25.7 Å². The first-order valence-corrected chi connectivity index (χ1v) is 12.7. The van der Waals surface area contributed by atoms with E-state index in [0.717, 1.165) is 24.9 Å². The summed E-state index contributed by atoms with van der Waals surface area (Å²) in [7, 11) is 0. The molecule has 4 amide bonds. The molecule has 3 rings (SSSR count).